The van der Waals surface area contributed by atoms with E-state index in [1.807, 2.05) is 58.1 Å². The molecule has 160 valence electrons. The van der Waals surface area contributed by atoms with E-state index in [0.717, 1.165) is 43.0 Å². The van der Waals surface area contributed by atoms with Gasteiger partial charge in [-0.05, 0) is 61.1 Å². The van der Waals surface area contributed by atoms with Crippen LogP contribution in [0.4, 0.5) is 5.82 Å². The zero-order valence-electron chi connectivity index (χ0n) is 17.6. The molecule has 5 rings (SSSR count). The predicted octanol–water partition coefficient (Wildman–Crippen LogP) is 3.25. The van der Waals surface area contributed by atoms with Crippen molar-refractivity contribution in [3.63, 3.8) is 0 Å². The van der Waals surface area contributed by atoms with Gasteiger partial charge in [0, 0.05) is 50.0 Å². The standard InChI is InChI=1S/C24H27N5O2/c1-31-22-13-19-15-29(14-18(19)12-21(22)27-23-4-2-3-9-26-23)24(30)17-5-7-20(8-6-17)28-11-10-25-16-28/h2-11,16,18-19,21-22H,12-15H2,1H3,(H,26,27)/t18-,19+,21-,22-/m1/s1. The Morgan fingerprint density at radius 2 is 1.87 bits per heavy atom. The SMILES string of the molecule is CO[C@@H]1C[C@H]2CN(C(=O)c3ccc(-n4ccnc4)cc3)C[C@H]2C[C@H]1Nc1ccccn1. The van der Waals surface area contributed by atoms with E-state index >= 15 is 0 Å². The fraction of sp³-hybridized carbons (Fsp3) is 0.375. The van der Waals surface area contributed by atoms with Gasteiger partial charge in [0.15, 0.2) is 0 Å². The Balaban J connectivity index is 1.26. The molecule has 2 aliphatic rings. The number of anilines is 1. The summed E-state index contributed by atoms with van der Waals surface area (Å²) in [5.41, 5.74) is 1.73. The molecule has 7 heteroatoms. The maximum atomic E-state index is 13.2. The number of amides is 1. The first-order chi connectivity index (χ1) is 15.2. The lowest BCUT2D eigenvalue weighted by Crippen LogP contribution is -2.44. The van der Waals surface area contributed by atoms with Gasteiger partial charge in [-0.25, -0.2) is 9.97 Å². The molecule has 0 unspecified atom stereocenters. The molecule has 2 aromatic heterocycles. The number of benzene rings is 1. The summed E-state index contributed by atoms with van der Waals surface area (Å²) in [6.45, 7) is 1.59. The van der Waals surface area contributed by atoms with Crippen LogP contribution in [0.3, 0.4) is 0 Å². The zero-order chi connectivity index (χ0) is 21.2. The van der Waals surface area contributed by atoms with Gasteiger partial charge in [-0.15, -0.1) is 0 Å². The molecule has 3 aromatic rings. The normalized spacial score (nSPS) is 25.3. The first-order valence-electron chi connectivity index (χ1n) is 10.8. The lowest BCUT2D eigenvalue weighted by Gasteiger charge is -2.37. The Bertz CT molecular complexity index is 1010. The third kappa shape index (κ3) is 4.05. The summed E-state index contributed by atoms with van der Waals surface area (Å²) in [5.74, 6) is 1.93. The van der Waals surface area contributed by atoms with Crippen molar-refractivity contribution in [2.75, 3.05) is 25.5 Å². The van der Waals surface area contributed by atoms with Gasteiger partial charge >= 0.3 is 0 Å². The molecule has 0 bridgehead atoms. The van der Waals surface area contributed by atoms with Gasteiger partial charge in [-0.2, -0.15) is 0 Å². The zero-order valence-corrected chi connectivity index (χ0v) is 17.6. The Hall–Kier alpha value is -3.19. The van der Waals surface area contributed by atoms with Crippen molar-refractivity contribution in [2.24, 2.45) is 11.8 Å². The molecular weight excluding hydrogens is 390 g/mol. The lowest BCUT2D eigenvalue weighted by atomic mass is 9.77. The average molecular weight is 418 g/mol. The number of carbonyl (C=O) groups is 1. The monoisotopic (exact) mass is 417 g/mol. The van der Waals surface area contributed by atoms with Crippen molar-refractivity contribution in [2.45, 2.75) is 25.0 Å². The highest BCUT2D eigenvalue weighted by molar-refractivity contribution is 5.94. The largest absolute Gasteiger partial charge is 0.379 e. The minimum atomic E-state index is 0.106. The van der Waals surface area contributed by atoms with Gasteiger partial charge in [-0.3, -0.25) is 4.79 Å². The summed E-state index contributed by atoms with van der Waals surface area (Å²) in [7, 11) is 1.78. The van der Waals surface area contributed by atoms with Crippen LogP contribution in [0.5, 0.6) is 0 Å². The van der Waals surface area contributed by atoms with Crippen LogP contribution in [0.25, 0.3) is 5.69 Å². The number of imidazole rings is 1. The Labute approximate surface area is 182 Å². The van der Waals surface area contributed by atoms with Gasteiger partial charge in [0.25, 0.3) is 5.91 Å². The number of carbonyl (C=O) groups excluding carboxylic acids is 1. The number of nitrogens with zero attached hydrogens (tertiary/aromatic N) is 4. The molecule has 0 spiro atoms. The van der Waals surface area contributed by atoms with Crippen molar-refractivity contribution in [3.8, 4) is 5.69 Å². The topological polar surface area (TPSA) is 72.3 Å². The van der Waals surface area contributed by atoms with Crippen molar-refractivity contribution >= 4 is 11.7 Å². The number of aromatic nitrogens is 3. The number of pyridine rings is 1. The minimum Gasteiger partial charge on any atom is -0.379 e. The minimum absolute atomic E-state index is 0.106. The van der Waals surface area contributed by atoms with Crippen molar-refractivity contribution in [1.82, 2.24) is 19.4 Å². The summed E-state index contributed by atoms with van der Waals surface area (Å²) in [6.07, 6.45) is 9.23. The second-order valence-corrected chi connectivity index (χ2v) is 8.46. The smallest absolute Gasteiger partial charge is 0.253 e. The summed E-state index contributed by atoms with van der Waals surface area (Å²) < 4.78 is 7.74. The molecule has 1 amide bonds. The molecule has 1 saturated carbocycles. The molecule has 1 N–H and O–H groups in total. The Kier molecular flexibility index (Phi) is 5.42. The van der Waals surface area contributed by atoms with Gasteiger partial charge in [-0.1, -0.05) is 6.07 Å². The van der Waals surface area contributed by atoms with Crippen LogP contribution < -0.4 is 5.32 Å². The Morgan fingerprint density at radius 1 is 1.06 bits per heavy atom. The second kappa shape index (κ2) is 8.51. The summed E-state index contributed by atoms with van der Waals surface area (Å²) >= 11 is 0. The number of ether oxygens (including phenoxy) is 1. The summed E-state index contributed by atoms with van der Waals surface area (Å²) in [5, 5.41) is 3.54. The molecule has 7 nitrogen and oxygen atoms in total. The van der Waals surface area contributed by atoms with Crippen molar-refractivity contribution < 1.29 is 9.53 Å². The first kappa shape index (κ1) is 19.8. The van der Waals surface area contributed by atoms with E-state index in [9.17, 15) is 4.79 Å². The number of methoxy groups -OCH3 is 1. The van der Waals surface area contributed by atoms with Crippen molar-refractivity contribution in [1.29, 1.82) is 0 Å². The molecule has 4 atom stereocenters. The van der Waals surface area contributed by atoms with Crippen LogP contribution in [0.2, 0.25) is 0 Å². The highest BCUT2D eigenvalue weighted by atomic mass is 16.5. The third-order valence-corrected chi connectivity index (χ3v) is 6.62. The summed E-state index contributed by atoms with van der Waals surface area (Å²) in [4.78, 5) is 23.6. The maximum absolute atomic E-state index is 13.2. The first-order valence-corrected chi connectivity index (χ1v) is 10.8. The van der Waals surface area contributed by atoms with Crippen LogP contribution in [-0.2, 0) is 4.74 Å². The van der Waals surface area contributed by atoms with E-state index in [4.69, 9.17) is 4.74 Å². The van der Waals surface area contributed by atoms with E-state index in [2.05, 4.69) is 15.3 Å². The molecule has 3 heterocycles. The molecule has 1 saturated heterocycles. The highest BCUT2D eigenvalue weighted by Crippen LogP contribution is 2.38. The van der Waals surface area contributed by atoms with Crippen LogP contribution >= 0.6 is 0 Å². The van der Waals surface area contributed by atoms with E-state index in [-0.39, 0.29) is 18.1 Å². The lowest BCUT2D eigenvalue weighted by molar-refractivity contribution is 0.0304. The van der Waals surface area contributed by atoms with Gasteiger partial charge in [0.1, 0.15) is 5.82 Å². The number of hydrogen-bond acceptors (Lipinski definition) is 5. The number of rotatable bonds is 5. The van der Waals surface area contributed by atoms with E-state index < -0.39 is 0 Å². The number of fused-ring (bicyclic) bond motifs is 1. The third-order valence-electron chi connectivity index (χ3n) is 6.62. The van der Waals surface area contributed by atoms with Crippen LogP contribution in [0.1, 0.15) is 23.2 Å². The van der Waals surface area contributed by atoms with Gasteiger partial charge in [0.05, 0.1) is 18.5 Å². The van der Waals surface area contributed by atoms with E-state index in [1.165, 1.54) is 0 Å². The average Bonchev–Trinajstić information content (AvgIpc) is 3.49. The molecule has 31 heavy (non-hydrogen) atoms. The fourth-order valence-corrected chi connectivity index (χ4v) is 5.00. The molecule has 2 fully saturated rings. The number of likely N-dealkylation sites (tertiary alicyclic amines) is 1. The number of nitrogens with one attached hydrogen (secondary N) is 1. The van der Waals surface area contributed by atoms with Gasteiger partial charge < -0.3 is 19.5 Å². The van der Waals surface area contributed by atoms with Crippen LogP contribution in [-0.4, -0.2) is 57.7 Å². The molecule has 1 aliphatic carbocycles. The van der Waals surface area contributed by atoms with Crippen LogP contribution in [0, 0.1) is 11.8 Å². The van der Waals surface area contributed by atoms with E-state index in [0.29, 0.717) is 11.8 Å². The predicted molar refractivity (Wildman–Crippen MR) is 118 cm³/mol. The fourth-order valence-electron chi connectivity index (χ4n) is 5.00. The molecular formula is C24H27N5O2. The number of hydrogen-bond donors (Lipinski definition) is 1. The van der Waals surface area contributed by atoms with Gasteiger partial charge in [0.2, 0.25) is 0 Å². The van der Waals surface area contributed by atoms with E-state index in [1.54, 1.807) is 25.8 Å². The molecule has 1 aliphatic heterocycles. The molecule has 1 aromatic carbocycles. The Morgan fingerprint density at radius 3 is 2.55 bits per heavy atom. The van der Waals surface area contributed by atoms with Crippen LogP contribution in [0.15, 0.2) is 67.4 Å². The maximum Gasteiger partial charge on any atom is 0.253 e. The second-order valence-electron chi connectivity index (χ2n) is 8.46. The summed E-state index contributed by atoms with van der Waals surface area (Å²) in [6, 6.07) is 13.8. The highest BCUT2D eigenvalue weighted by Gasteiger charge is 2.43. The quantitative estimate of drug-likeness (QED) is 0.690. The molecule has 0 radical (unpaired) electrons. The van der Waals surface area contributed by atoms with Crippen molar-refractivity contribution in [3.05, 3.63) is 72.9 Å².